The van der Waals surface area contributed by atoms with Crippen molar-refractivity contribution < 1.29 is 9.47 Å². The molecule has 0 N–H and O–H groups in total. The fraction of sp³-hybridized carbons (Fsp3) is 0.310. The number of ether oxygens (including phenoxy) is 2. The SMILES string of the molecule is CC/C(=C(/c1ccc(Cl)cc1)c1ccc(OCCN(CC)CC)cc1)c1ccc(OC)cc1. The highest BCUT2D eigenvalue weighted by Gasteiger charge is 2.14. The molecule has 0 aliphatic heterocycles. The summed E-state index contributed by atoms with van der Waals surface area (Å²) in [5, 5.41) is 0.734. The van der Waals surface area contributed by atoms with E-state index >= 15 is 0 Å². The molecule has 0 aromatic heterocycles. The molecule has 0 saturated carbocycles. The van der Waals surface area contributed by atoms with Gasteiger partial charge in [-0.1, -0.05) is 68.8 Å². The third kappa shape index (κ3) is 6.63. The lowest BCUT2D eigenvalue weighted by atomic mass is 9.88. The van der Waals surface area contributed by atoms with E-state index < -0.39 is 0 Å². The van der Waals surface area contributed by atoms with Crippen LogP contribution in [0, 0.1) is 0 Å². The molecule has 4 heteroatoms. The Morgan fingerprint density at radius 1 is 0.727 bits per heavy atom. The number of likely N-dealkylation sites (N-methyl/N-ethyl adjacent to an activating group) is 1. The van der Waals surface area contributed by atoms with Gasteiger partial charge in [0.1, 0.15) is 18.1 Å². The van der Waals surface area contributed by atoms with Gasteiger partial charge in [-0.3, -0.25) is 0 Å². The molecular weight excluding hydrogens is 430 g/mol. The second kappa shape index (κ2) is 12.5. The zero-order valence-electron chi connectivity index (χ0n) is 20.1. The standard InChI is InChI=1S/C29H34ClNO2/c1-5-28(22-10-16-26(32-4)17-11-22)29(23-8-14-25(30)15-9-23)24-12-18-27(19-13-24)33-21-20-31(6-2)7-3/h8-19H,5-7,20-21H2,1-4H3/b29-28+. The van der Waals surface area contributed by atoms with Gasteiger partial charge in [-0.25, -0.2) is 0 Å². The summed E-state index contributed by atoms with van der Waals surface area (Å²) in [6, 6.07) is 24.8. The van der Waals surface area contributed by atoms with Crippen LogP contribution in [0.5, 0.6) is 11.5 Å². The third-order valence-corrected chi connectivity index (χ3v) is 6.19. The lowest BCUT2D eigenvalue weighted by Crippen LogP contribution is -2.27. The lowest BCUT2D eigenvalue weighted by Gasteiger charge is -2.19. The topological polar surface area (TPSA) is 21.7 Å². The second-order valence-electron chi connectivity index (χ2n) is 7.84. The molecule has 0 atom stereocenters. The van der Waals surface area contributed by atoms with Crippen molar-refractivity contribution in [2.45, 2.75) is 27.2 Å². The van der Waals surface area contributed by atoms with Crippen molar-refractivity contribution in [2.24, 2.45) is 0 Å². The smallest absolute Gasteiger partial charge is 0.119 e. The van der Waals surface area contributed by atoms with E-state index in [0.717, 1.165) is 53.7 Å². The molecule has 3 rings (SSSR count). The number of rotatable bonds is 11. The summed E-state index contributed by atoms with van der Waals surface area (Å²) in [7, 11) is 1.69. The van der Waals surface area contributed by atoms with Crippen LogP contribution in [0.2, 0.25) is 5.02 Å². The predicted octanol–water partition coefficient (Wildman–Crippen LogP) is 7.44. The molecule has 0 amide bonds. The first-order chi connectivity index (χ1) is 16.1. The largest absolute Gasteiger partial charge is 0.497 e. The van der Waals surface area contributed by atoms with E-state index in [9.17, 15) is 0 Å². The Bertz CT molecular complexity index is 1020. The van der Waals surface area contributed by atoms with E-state index in [-0.39, 0.29) is 0 Å². The number of hydrogen-bond acceptors (Lipinski definition) is 3. The van der Waals surface area contributed by atoms with Crippen molar-refractivity contribution in [3.8, 4) is 11.5 Å². The fourth-order valence-corrected chi connectivity index (χ4v) is 4.13. The van der Waals surface area contributed by atoms with Crippen LogP contribution >= 0.6 is 11.6 Å². The Hall–Kier alpha value is -2.75. The Kier molecular flexibility index (Phi) is 9.41. The summed E-state index contributed by atoms with van der Waals surface area (Å²) in [4.78, 5) is 2.36. The summed E-state index contributed by atoms with van der Waals surface area (Å²) in [5.41, 5.74) is 5.95. The van der Waals surface area contributed by atoms with Gasteiger partial charge in [0.05, 0.1) is 7.11 Å². The van der Waals surface area contributed by atoms with Gasteiger partial charge in [0.15, 0.2) is 0 Å². The minimum atomic E-state index is 0.687. The maximum Gasteiger partial charge on any atom is 0.119 e. The molecule has 3 aromatic rings. The summed E-state index contributed by atoms with van der Waals surface area (Å²) < 4.78 is 11.4. The maximum absolute atomic E-state index is 6.19. The highest BCUT2D eigenvalue weighted by atomic mass is 35.5. The summed E-state index contributed by atoms with van der Waals surface area (Å²) in [6.07, 6.45) is 0.895. The molecule has 3 nitrogen and oxygen atoms in total. The minimum Gasteiger partial charge on any atom is -0.497 e. The van der Waals surface area contributed by atoms with E-state index in [0.29, 0.717) is 6.61 Å². The zero-order chi connectivity index (χ0) is 23.6. The van der Waals surface area contributed by atoms with Gasteiger partial charge < -0.3 is 14.4 Å². The summed E-state index contributed by atoms with van der Waals surface area (Å²) in [6.45, 7) is 10.3. The average Bonchev–Trinajstić information content (AvgIpc) is 2.86. The Morgan fingerprint density at radius 2 is 1.24 bits per heavy atom. The molecule has 0 saturated heterocycles. The summed E-state index contributed by atoms with van der Waals surface area (Å²) in [5.74, 6) is 1.75. The van der Waals surface area contributed by atoms with E-state index in [4.69, 9.17) is 21.1 Å². The van der Waals surface area contributed by atoms with Gasteiger partial charge in [-0.15, -0.1) is 0 Å². The zero-order valence-corrected chi connectivity index (χ0v) is 20.9. The van der Waals surface area contributed by atoms with Crippen LogP contribution in [-0.4, -0.2) is 38.3 Å². The van der Waals surface area contributed by atoms with Gasteiger partial charge in [0.2, 0.25) is 0 Å². The van der Waals surface area contributed by atoms with Crippen LogP contribution in [0.1, 0.15) is 43.9 Å². The van der Waals surface area contributed by atoms with Crippen molar-refractivity contribution in [3.63, 3.8) is 0 Å². The number of methoxy groups -OCH3 is 1. The normalized spacial score (nSPS) is 11.9. The molecule has 174 valence electrons. The van der Waals surface area contributed by atoms with Crippen LogP contribution in [0.15, 0.2) is 72.8 Å². The van der Waals surface area contributed by atoms with Gasteiger partial charge in [-0.05, 0) is 83.7 Å². The maximum atomic E-state index is 6.19. The molecular formula is C29H34ClNO2. The van der Waals surface area contributed by atoms with Crippen LogP contribution in [0.25, 0.3) is 11.1 Å². The average molecular weight is 464 g/mol. The quantitative estimate of drug-likeness (QED) is 0.276. The Balaban J connectivity index is 1.95. The van der Waals surface area contributed by atoms with Crippen molar-refractivity contribution in [3.05, 3.63) is 94.5 Å². The lowest BCUT2D eigenvalue weighted by molar-refractivity contribution is 0.223. The molecule has 0 fully saturated rings. The number of hydrogen-bond donors (Lipinski definition) is 0. The van der Waals surface area contributed by atoms with Crippen molar-refractivity contribution >= 4 is 22.7 Å². The first kappa shape index (κ1) is 24.9. The molecule has 0 unspecified atom stereocenters. The van der Waals surface area contributed by atoms with Gasteiger partial charge in [0, 0.05) is 11.6 Å². The Labute approximate surface area is 203 Å². The van der Waals surface area contributed by atoms with Crippen LogP contribution in [-0.2, 0) is 0 Å². The van der Waals surface area contributed by atoms with Gasteiger partial charge >= 0.3 is 0 Å². The van der Waals surface area contributed by atoms with Crippen LogP contribution in [0.4, 0.5) is 0 Å². The highest BCUT2D eigenvalue weighted by Crippen LogP contribution is 2.36. The van der Waals surface area contributed by atoms with Crippen molar-refractivity contribution in [1.82, 2.24) is 4.90 Å². The third-order valence-electron chi connectivity index (χ3n) is 5.94. The van der Waals surface area contributed by atoms with Crippen LogP contribution < -0.4 is 9.47 Å². The van der Waals surface area contributed by atoms with E-state index in [1.54, 1.807) is 7.11 Å². The highest BCUT2D eigenvalue weighted by molar-refractivity contribution is 6.30. The van der Waals surface area contributed by atoms with Crippen LogP contribution in [0.3, 0.4) is 0 Å². The van der Waals surface area contributed by atoms with E-state index in [2.05, 4.69) is 74.2 Å². The number of allylic oxidation sites excluding steroid dienone is 1. The van der Waals surface area contributed by atoms with Crippen molar-refractivity contribution in [2.75, 3.05) is 33.4 Å². The second-order valence-corrected chi connectivity index (χ2v) is 8.28. The first-order valence-electron chi connectivity index (χ1n) is 11.7. The molecule has 3 aromatic carbocycles. The molecule has 33 heavy (non-hydrogen) atoms. The molecule has 0 radical (unpaired) electrons. The monoisotopic (exact) mass is 463 g/mol. The van der Waals surface area contributed by atoms with Crippen molar-refractivity contribution in [1.29, 1.82) is 0 Å². The Morgan fingerprint density at radius 3 is 1.76 bits per heavy atom. The number of benzene rings is 3. The fourth-order valence-electron chi connectivity index (χ4n) is 4.00. The van der Waals surface area contributed by atoms with Gasteiger partial charge in [-0.2, -0.15) is 0 Å². The number of nitrogens with zero attached hydrogens (tertiary/aromatic N) is 1. The number of halogens is 1. The molecule has 0 heterocycles. The summed E-state index contributed by atoms with van der Waals surface area (Å²) >= 11 is 6.19. The molecule has 0 bridgehead atoms. The molecule has 0 aliphatic rings. The van der Waals surface area contributed by atoms with E-state index in [1.807, 2.05) is 24.3 Å². The first-order valence-corrected chi connectivity index (χ1v) is 12.1. The minimum absolute atomic E-state index is 0.687. The predicted molar refractivity (Wildman–Crippen MR) is 140 cm³/mol. The molecule has 0 aliphatic carbocycles. The van der Waals surface area contributed by atoms with Gasteiger partial charge in [0.25, 0.3) is 0 Å². The molecule has 0 spiro atoms. The van der Waals surface area contributed by atoms with E-state index in [1.165, 1.54) is 16.7 Å².